The number of likely N-dealkylation sites (N-methyl/N-ethyl adjacent to an activating group) is 1. The molecule has 0 aromatic heterocycles. The number of hydrogen-bond acceptors (Lipinski definition) is 3. The third-order valence-electron chi connectivity index (χ3n) is 6.20. The maximum absolute atomic E-state index is 6.05. The Kier molecular flexibility index (Phi) is 4.74. The smallest absolute Gasteiger partial charge is 0.0466 e. The molecule has 0 radical (unpaired) electrons. The quantitative estimate of drug-likeness (QED) is 0.781. The first-order valence-corrected chi connectivity index (χ1v) is 9.49. The first-order chi connectivity index (χ1) is 11.4. The maximum Gasteiger partial charge on any atom is 0.0466 e. The molecule has 2 aliphatic carbocycles. The van der Waals surface area contributed by atoms with E-state index in [0.717, 1.165) is 23.7 Å². The van der Waals surface area contributed by atoms with Gasteiger partial charge in [0.15, 0.2) is 0 Å². The van der Waals surface area contributed by atoms with Crippen molar-refractivity contribution in [1.82, 2.24) is 4.90 Å². The lowest BCUT2D eigenvalue weighted by Gasteiger charge is -2.33. The molecule has 1 saturated carbocycles. The van der Waals surface area contributed by atoms with E-state index in [4.69, 9.17) is 10.7 Å². The summed E-state index contributed by atoms with van der Waals surface area (Å²) in [5.41, 5.74) is 9.97. The Morgan fingerprint density at radius 2 is 2.17 bits per heavy atom. The summed E-state index contributed by atoms with van der Waals surface area (Å²) in [5, 5.41) is 0. The average molecular weight is 328 g/mol. The van der Waals surface area contributed by atoms with Gasteiger partial charge in [-0.3, -0.25) is 9.89 Å². The Labute approximate surface area is 147 Å². The van der Waals surface area contributed by atoms with E-state index in [1.54, 1.807) is 6.20 Å². The minimum absolute atomic E-state index is 0.382. The number of likely N-dealkylation sites (tertiary alicyclic amines) is 1. The lowest BCUT2D eigenvalue weighted by molar-refractivity contribution is 0.235. The summed E-state index contributed by atoms with van der Waals surface area (Å²) in [6, 6.07) is 0.531. The highest BCUT2D eigenvalue weighted by Gasteiger charge is 2.54. The zero-order chi connectivity index (χ0) is 17.5. The van der Waals surface area contributed by atoms with E-state index in [-0.39, 0.29) is 0 Å². The summed E-state index contributed by atoms with van der Waals surface area (Å²) in [6.45, 7) is 11.0. The van der Waals surface area contributed by atoms with E-state index >= 15 is 0 Å². The van der Waals surface area contributed by atoms with Crippen molar-refractivity contribution in [3.05, 3.63) is 35.6 Å². The van der Waals surface area contributed by atoms with Crippen molar-refractivity contribution in [2.24, 2.45) is 33.9 Å². The van der Waals surface area contributed by atoms with Crippen LogP contribution in [0.15, 0.2) is 40.6 Å². The van der Waals surface area contributed by atoms with E-state index in [1.807, 2.05) is 0 Å². The van der Waals surface area contributed by atoms with Gasteiger partial charge in [-0.25, -0.2) is 0 Å². The van der Waals surface area contributed by atoms with E-state index in [0.29, 0.717) is 23.3 Å². The van der Waals surface area contributed by atoms with Gasteiger partial charge < -0.3 is 5.73 Å². The minimum Gasteiger partial charge on any atom is -0.404 e. The number of fused-ring (bicyclic) bond motifs is 1. The Morgan fingerprint density at radius 1 is 1.46 bits per heavy atom. The largest absolute Gasteiger partial charge is 0.404 e. The van der Waals surface area contributed by atoms with Crippen LogP contribution in [0.1, 0.15) is 40.5 Å². The van der Waals surface area contributed by atoms with Gasteiger partial charge in [-0.15, -0.1) is 0 Å². The molecule has 1 saturated heterocycles. The Bertz CT molecular complexity index is 607. The SMILES string of the molecule is CCN=C(/C(=C\N)C1=C[C@H]2C(C=C1)N(C)CC2(C)C1CC1)C(C)C. The van der Waals surface area contributed by atoms with Gasteiger partial charge in [0.2, 0.25) is 0 Å². The van der Waals surface area contributed by atoms with Gasteiger partial charge in [0, 0.05) is 42.5 Å². The van der Waals surface area contributed by atoms with Crippen LogP contribution in [0.2, 0.25) is 0 Å². The number of hydrogen-bond donors (Lipinski definition) is 1. The Morgan fingerprint density at radius 3 is 2.71 bits per heavy atom. The average Bonchev–Trinajstić information content (AvgIpc) is 3.36. The molecule has 3 atom stereocenters. The number of rotatable bonds is 5. The van der Waals surface area contributed by atoms with Gasteiger partial charge >= 0.3 is 0 Å². The van der Waals surface area contributed by atoms with E-state index in [1.165, 1.54) is 25.0 Å². The molecule has 0 spiro atoms. The molecule has 132 valence electrons. The predicted octanol–water partition coefficient (Wildman–Crippen LogP) is 3.79. The normalized spacial score (nSPS) is 34.7. The zero-order valence-corrected chi connectivity index (χ0v) is 15.9. The van der Waals surface area contributed by atoms with Crippen LogP contribution in [0.5, 0.6) is 0 Å². The van der Waals surface area contributed by atoms with Gasteiger partial charge in [-0.1, -0.05) is 39.0 Å². The molecule has 1 aliphatic heterocycles. The molecule has 3 aliphatic rings. The standard InChI is InChI=1S/C21H33N3/c1-6-23-20(14(2)3)17(12-22)15-7-10-19-18(11-15)21(4,13-24(19)5)16-8-9-16/h7,10-12,14,16,18-19H,6,8-9,13,22H2,1-5H3/b17-12-,23-20?/t18-,19?,21?/m0/s1. The lowest BCUT2D eigenvalue weighted by atomic mass is 9.70. The molecular weight excluding hydrogens is 294 g/mol. The molecule has 0 amide bonds. The van der Waals surface area contributed by atoms with E-state index < -0.39 is 0 Å². The highest BCUT2D eigenvalue weighted by Crippen LogP contribution is 2.56. The van der Waals surface area contributed by atoms with Crippen molar-refractivity contribution in [3.8, 4) is 0 Å². The fraction of sp³-hybridized carbons (Fsp3) is 0.667. The topological polar surface area (TPSA) is 41.6 Å². The first kappa shape index (κ1) is 17.5. The molecule has 2 unspecified atom stereocenters. The van der Waals surface area contributed by atoms with Crippen molar-refractivity contribution in [3.63, 3.8) is 0 Å². The second-order valence-electron chi connectivity index (χ2n) is 8.29. The van der Waals surface area contributed by atoms with E-state index in [9.17, 15) is 0 Å². The van der Waals surface area contributed by atoms with Crippen molar-refractivity contribution < 1.29 is 0 Å². The fourth-order valence-corrected chi connectivity index (χ4v) is 4.82. The van der Waals surface area contributed by atoms with Gasteiger partial charge in [-0.2, -0.15) is 0 Å². The summed E-state index contributed by atoms with van der Waals surface area (Å²) in [5.74, 6) is 1.85. The molecule has 1 heterocycles. The highest BCUT2D eigenvalue weighted by atomic mass is 15.2. The summed E-state index contributed by atoms with van der Waals surface area (Å²) >= 11 is 0. The Balaban J connectivity index is 1.96. The molecule has 3 heteroatoms. The maximum atomic E-state index is 6.05. The number of nitrogens with two attached hydrogens (primary N) is 1. The Hall–Kier alpha value is -1.35. The van der Waals surface area contributed by atoms with Crippen molar-refractivity contribution in [2.75, 3.05) is 20.1 Å². The monoisotopic (exact) mass is 327 g/mol. The van der Waals surface area contributed by atoms with Crippen LogP contribution in [-0.4, -0.2) is 36.8 Å². The third-order valence-corrected chi connectivity index (χ3v) is 6.20. The molecule has 24 heavy (non-hydrogen) atoms. The first-order valence-electron chi connectivity index (χ1n) is 9.49. The predicted molar refractivity (Wildman–Crippen MR) is 103 cm³/mol. The number of nitrogens with zero attached hydrogens (tertiary/aromatic N) is 2. The summed E-state index contributed by atoms with van der Waals surface area (Å²) in [7, 11) is 2.27. The zero-order valence-electron chi connectivity index (χ0n) is 15.9. The highest BCUT2D eigenvalue weighted by molar-refractivity contribution is 6.05. The van der Waals surface area contributed by atoms with Crippen LogP contribution < -0.4 is 5.73 Å². The van der Waals surface area contributed by atoms with Crippen LogP contribution in [0.4, 0.5) is 0 Å². The molecule has 2 N–H and O–H groups in total. The fourth-order valence-electron chi connectivity index (χ4n) is 4.82. The van der Waals surface area contributed by atoms with Crippen LogP contribution >= 0.6 is 0 Å². The second-order valence-corrected chi connectivity index (χ2v) is 8.29. The molecular formula is C21H33N3. The molecule has 3 rings (SSSR count). The van der Waals surface area contributed by atoms with Crippen molar-refractivity contribution >= 4 is 5.71 Å². The molecule has 0 aromatic rings. The van der Waals surface area contributed by atoms with Crippen LogP contribution in [0.25, 0.3) is 0 Å². The molecule has 3 nitrogen and oxygen atoms in total. The minimum atomic E-state index is 0.382. The van der Waals surface area contributed by atoms with Crippen LogP contribution in [0, 0.1) is 23.2 Å². The number of allylic oxidation sites excluding steroid dienone is 3. The van der Waals surface area contributed by atoms with Crippen molar-refractivity contribution in [2.45, 2.75) is 46.6 Å². The summed E-state index contributed by atoms with van der Waals surface area (Å²) < 4.78 is 0. The molecule has 2 fully saturated rings. The molecule has 0 bridgehead atoms. The van der Waals surface area contributed by atoms with Gasteiger partial charge in [0.05, 0.1) is 0 Å². The van der Waals surface area contributed by atoms with Crippen LogP contribution in [-0.2, 0) is 0 Å². The van der Waals surface area contributed by atoms with Gasteiger partial charge in [0.1, 0.15) is 0 Å². The third kappa shape index (κ3) is 2.88. The van der Waals surface area contributed by atoms with E-state index in [2.05, 4.69) is 57.9 Å². The van der Waals surface area contributed by atoms with Gasteiger partial charge in [0.25, 0.3) is 0 Å². The van der Waals surface area contributed by atoms with Crippen LogP contribution in [0.3, 0.4) is 0 Å². The summed E-state index contributed by atoms with van der Waals surface area (Å²) in [4.78, 5) is 7.27. The lowest BCUT2D eigenvalue weighted by Crippen LogP contribution is -2.32. The van der Waals surface area contributed by atoms with Gasteiger partial charge in [-0.05, 0) is 49.6 Å². The molecule has 0 aromatic carbocycles. The second kappa shape index (κ2) is 6.51. The van der Waals surface area contributed by atoms with Crippen molar-refractivity contribution in [1.29, 1.82) is 0 Å². The summed E-state index contributed by atoms with van der Waals surface area (Å²) in [6.07, 6.45) is 11.7. The number of aliphatic imine (C=N–C) groups is 1.